The van der Waals surface area contributed by atoms with Crippen molar-refractivity contribution in [2.75, 3.05) is 29.1 Å². The van der Waals surface area contributed by atoms with Crippen molar-refractivity contribution in [2.45, 2.75) is 24.3 Å². The molecule has 0 radical (unpaired) electrons. The van der Waals surface area contributed by atoms with Crippen LogP contribution in [-0.4, -0.2) is 34.9 Å². The lowest BCUT2D eigenvalue weighted by Gasteiger charge is -2.27. The smallest absolute Gasteiger partial charge is 0.234 e. The predicted octanol–water partition coefficient (Wildman–Crippen LogP) is 3.20. The molecule has 2 heterocycles. The Labute approximate surface area is 140 Å². The zero-order valence-corrected chi connectivity index (χ0v) is 13.8. The van der Waals surface area contributed by atoms with E-state index in [0.717, 1.165) is 29.6 Å². The van der Waals surface area contributed by atoms with Crippen molar-refractivity contribution in [1.29, 1.82) is 0 Å². The highest BCUT2D eigenvalue weighted by Crippen LogP contribution is 2.20. The molecule has 3 rings (SSSR count). The van der Waals surface area contributed by atoms with E-state index in [1.54, 1.807) is 0 Å². The summed E-state index contributed by atoms with van der Waals surface area (Å²) in [7, 11) is 0. The van der Waals surface area contributed by atoms with Crippen molar-refractivity contribution in [2.24, 2.45) is 0 Å². The summed E-state index contributed by atoms with van der Waals surface area (Å²) in [5, 5.41) is 12.1. The third-order valence-electron chi connectivity index (χ3n) is 3.71. The maximum atomic E-state index is 11.9. The van der Waals surface area contributed by atoms with Crippen LogP contribution in [0, 0.1) is 0 Å². The molecule has 0 saturated carbocycles. The van der Waals surface area contributed by atoms with Crippen LogP contribution in [0.3, 0.4) is 0 Å². The van der Waals surface area contributed by atoms with E-state index >= 15 is 0 Å². The molecule has 6 heteroatoms. The van der Waals surface area contributed by atoms with Crippen LogP contribution in [-0.2, 0) is 4.79 Å². The molecule has 2 aromatic rings. The molecule has 1 N–H and O–H groups in total. The maximum Gasteiger partial charge on any atom is 0.234 e. The van der Waals surface area contributed by atoms with Crippen molar-refractivity contribution in [3.63, 3.8) is 0 Å². The Morgan fingerprint density at radius 1 is 1.04 bits per heavy atom. The number of rotatable bonds is 5. The normalized spacial score (nSPS) is 14.5. The minimum Gasteiger partial charge on any atom is -0.355 e. The Kier molecular flexibility index (Phi) is 5.47. The van der Waals surface area contributed by atoms with Crippen molar-refractivity contribution in [1.82, 2.24) is 10.2 Å². The maximum absolute atomic E-state index is 11.9. The first-order valence-electron chi connectivity index (χ1n) is 7.88. The monoisotopic (exact) mass is 328 g/mol. The van der Waals surface area contributed by atoms with Crippen molar-refractivity contribution in [3.05, 3.63) is 42.5 Å². The van der Waals surface area contributed by atoms with E-state index in [2.05, 4.69) is 20.4 Å². The topological polar surface area (TPSA) is 58.1 Å². The van der Waals surface area contributed by atoms with E-state index in [1.165, 1.54) is 31.0 Å². The number of carbonyl (C=O) groups excluding carboxylic acids is 1. The first-order chi connectivity index (χ1) is 11.3. The average Bonchev–Trinajstić information content (AvgIpc) is 2.62. The van der Waals surface area contributed by atoms with Gasteiger partial charge in [0.15, 0.2) is 5.82 Å². The van der Waals surface area contributed by atoms with Crippen molar-refractivity contribution >= 4 is 29.2 Å². The summed E-state index contributed by atoms with van der Waals surface area (Å²) in [6.07, 6.45) is 3.74. The van der Waals surface area contributed by atoms with Crippen LogP contribution in [0.4, 0.5) is 11.5 Å². The summed E-state index contributed by atoms with van der Waals surface area (Å²) in [5.74, 6) is 1.22. The van der Waals surface area contributed by atoms with Gasteiger partial charge in [-0.25, -0.2) is 0 Å². The highest BCUT2D eigenvalue weighted by Gasteiger charge is 2.12. The second-order valence-electron chi connectivity index (χ2n) is 5.48. The molecule has 5 nitrogen and oxygen atoms in total. The van der Waals surface area contributed by atoms with Crippen LogP contribution >= 0.6 is 11.8 Å². The summed E-state index contributed by atoms with van der Waals surface area (Å²) < 4.78 is 0. The summed E-state index contributed by atoms with van der Waals surface area (Å²) >= 11 is 1.40. The van der Waals surface area contributed by atoms with Crippen LogP contribution in [0.25, 0.3) is 0 Å². The van der Waals surface area contributed by atoms with E-state index in [-0.39, 0.29) is 5.91 Å². The van der Waals surface area contributed by atoms with E-state index in [9.17, 15) is 4.79 Å². The summed E-state index contributed by atoms with van der Waals surface area (Å²) in [5.41, 5.74) is 0.810. The van der Waals surface area contributed by atoms with Gasteiger partial charge >= 0.3 is 0 Å². The molecule has 0 unspecified atom stereocenters. The fourth-order valence-electron chi connectivity index (χ4n) is 2.54. The van der Waals surface area contributed by atoms with Gasteiger partial charge in [-0.2, -0.15) is 0 Å². The number of piperidine rings is 1. The number of hydrogen-bond acceptors (Lipinski definition) is 5. The number of hydrogen-bond donors (Lipinski definition) is 1. The largest absolute Gasteiger partial charge is 0.355 e. The van der Waals surface area contributed by atoms with Crippen LogP contribution < -0.4 is 10.2 Å². The van der Waals surface area contributed by atoms with Gasteiger partial charge in [0.2, 0.25) is 5.91 Å². The summed E-state index contributed by atoms with van der Waals surface area (Å²) in [6, 6.07) is 13.4. The molecule has 0 atom stereocenters. The molecular formula is C17H20N4OS. The quantitative estimate of drug-likeness (QED) is 0.854. The highest BCUT2D eigenvalue weighted by atomic mass is 32.2. The van der Waals surface area contributed by atoms with Gasteiger partial charge < -0.3 is 10.2 Å². The van der Waals surface area contributed by atoms with Gasteiger partial charge in [0.05, 0.1) is 5.75 Å². The molecule has 1 aliphatic heterocycles. The third kappa shape index (κ3) is 4.69. The second-order valence-corrected chi connectivity index (χ2v) is 6.48. The molecule has 1 amide bonds. The second kappa shape index (κ2) is 7.97. The van der Waals surface area contributed by atoms with Gasteiger partial charge in [-0.05, 0) is 43.5 Å². The van der Waals surface area contributed by atoms with Crippen molar-refractivity contribution in [3.8, 4) is 0 Å². The van der Waals surface area contributed by atoms with Crippen LogP contribution in [0.15, 0.2) is 47.5 Å². The number of benzene rings is 1. The molecule has 1 aliphatic rings. The first-order valence-corrected chi connectivity index (χ1v) is 8.86. The fraction of sp³-hybridized carbons (Fsp3) is 0.353. The molecule has 1 aromatic heterocycles. The number of nitrogens with zero attached hydrogens (tertiary/aromatic N) is 3. The number of para-hydroxylation sites is 1. The van der Waals surface area contributed by atoms with Gasteiger partial charge in [-0.1, -0.05) is 30.0 Å². The number of carbonyl (C=O) groups is 1. The highest BCUT2D eigenvalue weighted by molar-refractivity contribution is 7.99. The Morgan fingerprint density at radius 2 is 1.83 bits per heavy atom. The SMILES string of the molecule is O=C(CSc1ccc(N2CCCCC2)nn1)Nc1ccccc1. The van der Waals surface area contributed by atoms with E-state index in [0.29, 0.717) is 5.75 Å². The molecule has 1 fully saturated rings. The molecule has 0 aliphatic carbocycles. The predicted molar refractivity (Wildman–Crippen MR) is 93.9 cm³/mol. The molecular weight excluding hydrogens is 308 g/mol. The molecule has 0 bridgehead atoms. The average molecular weight is 328 g/mol. The zero-order valence-electron chi connectivity index (χ0n) is 12.9. The van der Waals surface area contributed by atoms with Gasteiger partial charge in [-0.15, -0.1) is 10.2 Å². The molecule has 0 spiro atoms. The number of aromatic nitrogens is 2. The third-order valence-corrected chi connectivity index (χ3v) is 4.63. The Hall–Kier alpha value is -2.08. The molecule has 23 heavy (non-hydrogen) atoms. The number of amides is 1. The molecule has 1 aromatic carbocycles. The first kappa shape index (κ1) is 15.8. The van der Waals surface area contributed by atoms with Gasteiger partial charge in [0.25, 0.3) is 0 Å². The standard InChI is InChI=1S/C17H20N4OS/c22-16(18-14-7-3-1-4-8-14)13-23-17-10-9-15(19-20-17)21-11-5-2-6-12-21/h1,3-4,7-10H,2,5-6,11-13H2,(H,18,22). The van der Waals surface area contributed by atoms with Gasteiger partial charge in [-0.3, -0.25) is 4.79 Å². The van der Waals surface area contributed by atoms with Crippen LogP contribution in [0.2, 0.25) is 0 Å². The Balaban J connectivity index is 1.49. The van der Waals surface area contributed by atoms with E-state index < -0.39 is 0 Å². The van der Waals surface area contributed by atoms with Gasteiger partial charge in [0.1, 0.15) is 5.03 Å². The fourth-order valence-corrected chi connectivity index (χ4v) is 3.15. The van der Waals surface area contributed by atoms with Gasteiger partial charge in [0, 0.05) is 18.8 Å². The summed E-state index contributed by atoms with van der Waals surface area (Å²) in [4.78, 5) is 14.2. The molecule has 1 saturated heterocycles. The minimum atomic E-state index is -0.0388. The van der Waals surface area contributed by atoms with E-state index in [1.807, 2.05) is 42.5 Å². The minimum absolute atomic E-state index is 0.0388. The van der Waals surface area contributed by atoms with Crippen LogP contribution in [0.1, 0.15) is 19.3 Å². The zero-order chi connectivity index (χ0) is 15.9. The number of nitrogens with one attached hydrogen (secondary N) is 1. The lowest BCUT2D eigenvalue weighted by molar-refractivity contribution is -0.113. The number of anilines is 2. The molecule has 120 valence electrons. The summed E-state index contributed by atoms with van der Waals surface area (Å²) in [6.45, 7) is 2.11. The Bertz CT molecular complexity index is 627. The Morgan fingerprint density at radius 3 is 2.52 bits per heavy atom. The lowest BCUT2D eigenvalue weighted by Crippen LogP contribution is -2.30. The van der Waals surface area contributed by atoms with Crippen LogP contribution in [0.5, 0.6) is 0 Å². The van der Waals surface area contributed by atoms with Crippen molar-refractivity contribution < 1.29 is 4.79 Å². The lowest BCUT2D eigenvalue weighted by atomic mass is 10.1. The number of thioether (sulfide) groups is 1. The van der Waals surface area contributed by atoms with E-state index in [4.69, 9.17) is 0 Å².